The van der Waals surface area contributed by atoms with Crippen LogP contribution in [0.25, 0.3) is 0 Å². The number of nitrogen functional groups attached to an aromatic ring is 1. The minimum Gasteiger partial charge on any atom is -0.491 e. The molecule has 0 amide bonds. The van der Waals surface area contributed by atoms with Gasteiger partial charge < -0.3 is 10.5 Å². The molecule has 2 N–H and O–H groups in total. The van der Waals surface area contributed by atoms with Crippen LogP contribution in [0.1, 0.15) is 0 Å². The first-order valence-corrected chi connectivity index (χ1v) is 7.31. The van der Waals surface area contributed by atoms with Gasteiger partial charge in [-0.25, -0.2) is 4.98 Å². The molecule has 3 nitrogen and oxygen atoms in total. The van der Waals surface area contributed by atoms with E-state index >= 15 is 0 Å². The Balaban J connectivity index is 1.79. The number of thioether (sulfide) groups is 1. The molecule has 1 aromatic carbocycles. The summed E-state index contributed by atoms with van der Waals surface area (Å²) in [6, 6.07) is 8.89. The first-order chi connectivity index (χ1) is 9.15. The van der Waals surface area contributed by atoms with Crippen molar-refractivity contribution in [1.82, 2.24) is 4.98 Å². The zero-order chi connectivity index (χ0) is 13.7. The average Bonchev–Trinajstić information content (AvgIpc) is 2.39. The Kier molecular flexibility index (Phi) is 5.19. The molecule has 0 saturated carbocycles. The second-order valence-corrected chi connectivity index (χ2v) is 5.70. The van der Waals surface area contributed by atoms with Crippen molar-refractivity contribution in [3.8, 4) is 5.75 Å². The number of benzene rings is 1. The summed E-state index contributed by atoms with van der Waals surface area (Å²) >= 11 is 13.5. The van der Waals surface area contributed by atoms with Crippen molar-refractivity contribution in [3.05, 3.63) is 46.6 Å². The summed E-state index contributed by atoms with van der Waals surface area (Å²) in [6.07, 6.45) is 1.75. The number of anilines is 1. The van der Waals surface area contributed by atoms with E-state index in [1.165, 1.54) is 0 Å². The predicted molar refractivity (Wildman–Crippen MR) is 81.3 cm³/mol. The first-order valence-electron chi connectivity index (χ1n) is 5.57. The predicted octanol–water partition coefficient (Wildman–Crippen LogP) is 4.14. The molecule has 1 aromatic heterocycles. The fraction of sp³-hybridized carbons (Fsp3) is 0.154. The maximum atomic E-state index is 6.00. The molecular weight excluding hydrogens is 303 g/mol. The normalized spacial score (nSPS) is 10.4. The molecule has 1 heterocycles. The second kappa shape index (κ2) is 6.89. The van der Waals surface area contributed by atoms with Crippen LogP contribution in [0.4, 0.5) is 5.82 Å². The van der Waals surface area contributed by atoms with Crippen LogP contribution in [0.2, 0.25) is 10.0 Å². The molecule has 100 valence electrons. The third-order valence-electron chi connectivity index (χ3n) is 2.26. The molecule has 0 saturated heterocycles. The molecule has 2 rings (SSSR count). The summed E-state index contributed by atoms with van der Waals surface area (Å²) in [7, 11) is 0. The molecule has 0 aliphatic carbocycles. The number of rotatable bonds is 5. The number of aromatic nitrogens is 1. The van der Waals surface area contributed by atoms with Crippen LogP contribution in [-0.2, 0) is 0 Å². The van der Waals surface area contributed by atoms with Crippen LogP contribution in [0.5, 0.6) is 5.75 Å². The Morgan fingerprint density at radius 1 is 1.21 bits per heavy atom. The van der Waals surface area contributed by atoms with E-state index in [4.69, 9.17) is 33.7 Å². The average molecular weight is 315 g/mol. The van der Waals surface area contributed by atoms with Gasteiger partial charge >= 0.3 is 0 Å². The molecule has 0 spiro atoms. The Bertz CT molecular complexity index is 549. The maximum Gasteiger partial charge on any atom is 0.138 e. The van der Waals surface area contributed by atoms with Gasteiger partial charge in [0.05, 0.1) is 11.6 Å². The van der Waals surface area contributed by atoms with Crippen molar-refractivity contribution in [2.24, 2.45) is 0 Å². The zero-order valence-corrected chi connectivity index (χ0v) is 12.3. The number of nitrogens with two attached hydrogens (primary N) is 1. The Labute approximate surface area is 126 Å². The van der Waals surface area contributed by atoms with Crippen LogP contribution in [-0.4, -0.2) is 17.3 Å². The Morgan fingerprint density at radius 2 is 2.05 bits per heavy atom. The van der Waals surface area contributed by atoms with Gasteiger partial charge in [-0.3, -0.25) is 0 Å². The first kappa shape index (κ1) is 14.3. The standard InChI is InChI=1S/C13H12Cl2N2OS/c14-9-1-3-12(11(15)7-9)18-5-6-19-10-2-4-13(16)17-8-10/h1-4,7-8H,5-6H2,(H2,16,17). The van der Waals surface area contributed by atoms with Gasteiger partial charge in [-0.05, 0) is 30.3 Å². The third-order valence-corrected chi connectivity index (χ3v) is 3.74. The molecule has 0 aliphatic rings. The van der Waals surface area contributed by atoms with E-state index in [1.54, 1.807) is 42.2 Å². The second-order valence-electron chi connectivity index (χ2n) is 3.69. The highest BCUT2D eigenvalue weighted by atomic mass is 35.5. The van der Waals surface area contributed by atoms with Crippen LogP contribution in [0, 0.1) is 0 Å². The van der Waals surface area contributed by atoms with Crippen molar-refractivity contribution < 1.29 is 4.74 Å². The fourth-order valence-corrected chi connectivity index (χ4v) is 2.54. The quantitative estimate of drug-likeness (QED) is 0.665. The van der Waals surface area contributed by atoms with Gasteiger partial charge in [-0.15, -0.1) is 11.8 Å². The summed E-state index contributed by atoms with van der Waals surface area (Å²) in [5, 5.41) is 1.12. The van der Waals surface area contributed by atoms with E-state index in [9.17, 15) is 0 Å². The van der Waals surface area contributed by atoms with E-state index in [-0.39, 0.29) is 0 Å². The lowest BCUT2D eigenvalue weighted by atomic mass is 10.3. The van der Waals surface area contributed by atoms with E-state index in [0.717, 1.165) is 10.6 Å². The van der Waals surface area contributed by atoms with Crippen LogP contribution < -0.4 is 10.5 Å². The molecule has 6 heteroatoms. The zero-order valence-electron chi connectivity index (χ0n) is 9.98. The van der Waals surface area contributed by atoms with Crippen molar-refractivity contribution >= 4 is 40.8 Å². The summed E-state index contributed by atoms with van der Waals surface area (Å²) in [4.78, 5) is 5.08. The highest BCUT2D eigenvalue weighted by molar-refractivity contribution is 7.99. The van der Waals surface area contributed by atoms with Crippen molar-refractivity contribution in [1.29, 1.82) is 0 Å². The largest absolute Gasteiger partial charge is 0.491 e. The summed E-state index contributed by atoms with van der Waals surface area (Å²) < 4.78 is 5.58. The van der Waals surface area contributed by atoms with Gasteiger partial charge in [-0.2, -0.15) is 0 Å². The summed E-state index contributed by atoms with van der Waals surface area (Å²) in [5.41, 5.74) is 5.52. The minimum atomic E-state index is 0.520. The van der Waals surface area contributed by atoms with Crippen LogP contribution in [0.3, 0.4) is 0 Å². The molecule has 19 heavy (non-hydrogen) atoms. The fourth-order valence-electron chi connectivity index (χ4n) is 1.38. The van der Waals surface area contributed by atoms with Gasteiger partial charge in [0.25, 0.3) is 0 Å². The minimum absolute atomic E-state index is 0.520. The van der Waals surface area contributed by atoms with E-state index in [1.807, 2.05) is 6.07 Å². The topological polar surface area (TPSA) is 48.1 Å². The molecule has 0 unspecified atom stereocenters. The van der Waals surface area contributed by atoms with Gasteiger partial charge in [0.2, 0.25) is 0 Å². The number of hydrogen-bond donors (Lipinski definition) is 1. The molecule has 2 aromatic rings. The third kappa shape index (κ3) is 4.49. The lowest BCUT2D eigenvalue weighted by molar-refractivity contribution is 0.344. The number of halogens is 2. The SMILES string of the molecule is Nc1ccc(SCCOc2ccc(Cl)cc2Cl)cn1. The smallest absolute Gasteiger partial charge is 0.138 e. The molecule has 0 radical (unpaired) electrons. The maximum absolute atomic E-state index is 6.00. The van der Waals surface area contributed by atoms with Gasteiger partial charge in [0.1, 0.15) is 11.6 Å². The highest BCUT2D eigenvalue weighted by Crippen LogP contribution is 2.27. The van der Waals surface area contributed by atoms with E-state index < -0.39 is 0 Å². The summed E-state index contributed by atoms with van der Waals surface area (Å²) in [5.74, 6) is 1.96. The molecular formula is C13H12Cl2N2OS. The number of ether oxygens (including phenoxy) is 1. The highest BCUT2D eigenvalue weighted by Gasteiger charge is 2.02. The monoisotopic (exact) mass is 314 g/mol. The molecule has 0 aliphatic heterocycles. The number of nitrogens with zero attached hydrogens (tertiary/aromatic N) is 1. The van der Waals surface area contributed by atoms with Crippen molar-refractivity contribution in [2.45, 2.75) is 4.90 Å². The van der Waals surface area contributed by atoms with E-state index in [0.29, 0.717) is 28.2 Å². The van der Waals surface area contributed by atoms with Gasteiger partial charge in [-0.1, -0.05) is 23.2 Å². The van der Waals surface area contributed by atoms with Gasteiger partial charge in [0, 0.05) is 21.9 Å². The summed E-state index contributed by atoms with van der Waals surface area (Å²) in [6.45, 7) is 0.552. The van der Waals surface area contributed by atoms with Gasteiger partial charge in [0.15, 0.2) is 0 Å². The van der Waals surface area contributed by atoms with Crippen molar-refractivity contribution in [3.63, 3.8) is 0 Å². The number of hydrogen-bond acceptors (Lipinski definition) is 4. The van der Waals surface area contributed by atoms with Crippen molar-refractivity contribution in [2.75, 3.05) is 18.1 Å². The number of pyridine rings is 1. The molecule has 0 fully saturated rings. The van der Waals surface area contributed by atoms with E-state index in [2.05, 4.69) is 4.98 Å². The molecule has 0 atom stereocenters. The van der Waals surface area contributed by atoms with Crippen LogP contribution >= 0.6 is 35.0 Å². The lowest BCUT2D eigenvalue weighted by Crippen LogP contribution is -2.00. The van der Waals surface area contributed by atoms with Crippen LogP contribution in [0.15, 0.2) is 41.4 Å². The Morgan fingerprint density at radius 3 is 2.74 bits per heavy atom. The lowest BCUT2D eigenvalue weighted by Gasteiger charge is -2.08. The Hall–Kier alpha value is -1.10. The molecule has 0 bridgehead atoms.